The average Bonchev–Trinajstić information content (AvgIpc) is 2.95. The van der Waals surface area contributed by atoms with Crippen LogP contribution in [0.3, 0.4) is 0 Å². The van der Waals surface area contributed by atoms with Crippen LogP contribution >= 0.6 is 35.0 Å². The van der Waals surface area contributed by atoms with Gasteiger partial charge in [0.2, 0.25) is 5.91 Å². The molecule has 0 heterocycles. The summed E-state index contributed by atoms with van der Waals surface area (Å²) in [5, 5.41) is 8.29. The number of carbonyl (C=O) groups is 3. The lowest BCUT2D eigenvalue weighted by Gasteiger charge is -2.14. The molecule has 4 rings (SSSR count). The molecule has 1 atom stereocenters. The summed E-state index contributed by atoms with van der Waals surface area (Å²) in [7, 11) is 0. The molecule has 3 amide bonds. The fraction of sp³-hybridized carbons (Fsp3) is 0.0645. The predicted octanol–water partition coefficient (Wildman–Crippen LogP) is 7.66. The van der Waals surface area contributed by atoms with Gasteiger partial charge in [-0.1, -0.05) is 53.5 Å². The summed E-state index contributed by atoms with van der Waals surface area (Å²) in [6, 6.07) is 26.2. The largest absolute Gasteiger partial charge is 0.325 e. The van der Waals surface area contributed by atoms with E-state index in [1.54, 1.807) is 85.8 Å². The van der Waals surface area contributed by atoms with Crippen molar-refractivity contribution in [3.8, 4) is 0 Å². The van der Waals surface area contributed by atoms with Gasteiger partial charge in [0.1, 0.15) is 11.5 Å². The van der Waals surface area contributed by atoms with Crippen molar-refractivity contribution in [3.63, 3.8) is 0 Å². The summed E-state index contributed by atoms with van der Waals surface area (Å²) < 4.78 is 14.5. The van der Waals surface area contributed by atoms with Crippen molar-refractivity contribution >= 4 is 70.1 Å². The van der Waals surface area contributed by atoms with E-state index in [0.717, 1.165) is 4.90 Å². The molecule has 6 nitrogen and oxygen atoms in total. The molecule has 0 aliphatic heterocycles. The molecular weight excluding hydrogens is 584 g/mol. The quantitative estimate of drug-likeness (QED) is 0.135. The van der Waals surface area contributed by atoms with Crippen LogP contribution in [0.2, 0.25) is 10.0 Å². The molecule has 41 heavy (non-hydrogen) atoms. The van der Waals surface area contributed by atoms with Gasteiger partial charge in [-0.05, 0) is 79.7 Å². The highest BCUT2D eigenvalue weighted by Crippen LogP contribution is 2.27. The van der Waals surface area contributed by atoms with Crippen molar-refractivity contribution in [2.24, 2.45) is 0 Å². The molecule has 4 aromatic rings. The van der Waals surface area contributed by atoms with Crippen LogP contribution in [0.25, 0.3) is 6.08 Å². The van der Waals surface area contributed by atoms with Crippen LogP contribution in [-0.2, 0) is 9.59 Å². The zero-order valence-electron chi connectivity index (χ0n) is 21.7. The van der Waals surface area contributed by atoms with Gasteiger partial charge in [0.05, 0.1) is 10.3 Å². The van der Waals surface area contributed by atoms with Crippen LogP contribution in [0.1, 0.15) is 22.8 Å². The van der Waals surface area contributed by atoms with Gasteiger partial charge in [-0.15, -0.1) is 11.8 Å². The summed E-state index contributed by atoms with van der Waals surface area (Å²) in [5.74, 6) is -2.06. The molecule has 0 bridgehead atoms. The Morgan fingerprint density at radius 2 is 1.54 bits per heavy atom. The minimum atomic E-state index is -0.678. The highest BCUT2D eigenvalue weighted by molar-refractivity contribution is 8.00. The third kappa shape index (κ3) is 8.44. The van der Waals surface area contributed by atoms with E-state index in [-0.39, 0.29) is 22.2 Å². The Morgan fingerprint density at radius 1 is 0.829 bits per heavy atom. The van der Waals surface area contributed by atoms with Crippen LogP contribution in [-0.4, -0.2) is 23.0 Å². The van der Waals surface area contributed by atoms with E-state index < -0.39 is 22.9 Å². The average molecular weight is 609 g/mol. The molecule has 10 heteroatoms. The van der Waals surface area contributed by atoms with Gasteiger partial charge >= 0.3 is 0 Å². The SMILES string of the molecule is CC(Sc1ccc(NC(=O)/C(=C/c2c(F)cccc2Cl)NC(=O)c2ccccc2)cc1)C(=O)Nc1cccc(Cl)c1. The Hall–Kier alpha value is -4.11. The Kier molecular flexibility index (Phi) is 10.2. The fourth-order valence-corrected chi connectivity index (χ4v) is 4.89. The van der Waals surface area contributed by atoms with Gasteiger partial charge < -0.3 is 16.0 Å². The second kappa shape index (κ2) is 14.0. The molecule has 0 saturated carbocycles. The van der Waals surface area contributed by atoms with Gasteiger partial charge in [0.15, 0.2) is 0 Å². The van der Waals surface area contributed by atoms with Crippen molar-refractivity contribution in [1.29, 1.82) is 0 Å². The smallest absolute Gasteiger partial charge is 0.272 e. The van der Waals surface area contributed by atoms with Crippen LogP contribution in [0.4, 0.5) is 15.8 Å². The number of benzene rings is 4. The molecular formula is C31H24Cl2FN3O3S. The molecule has 0 aliphatic carbocycles. The minimum Gasteiger partial charge on any atom is -0.325 e. The summed E-state index contributed by atoms with van der Waals surface area (Å²) in [5.41, 5.74) is 1.11. The summed E-state index contributed by atoms with van der Waals surface area (Å²) in [4.78, 5) is 39.4. The number of hydrogen-bond acceptors (Lipinski definition) is 4. The number of amides is 3. The van der Waals surface area contributed by atoms with Crippen molar-refractivity contribution < 1.29 is 18.8 Å². The first-order valence-electron chi connectivity index (χ1n) is 12.4. The zero-order chi connectivity index (χ0) is 29.4. The van der Waals surface area contributed by atoms with E-state index in [2.05, 4.69) is 16.0 Å². The maximum Gasteiger partial charge on any atom is 0.272 e. The first-order valence-corrected chi connectivity index (χ1v) is 14.0. The Labute approximate surface area is 250 Å². The minimum absolute atomic E-state index is 0.0375. The number of hydrogen-bond donors (Lipinski definition) is 3. The Morgan fingerprint density at radius 3 is 2.22 bits per heavy atom. The standard InChI is InChI=1S/C31H24Cl2FN3O3S/c1-19(29(38)36-23-10-5-9-21(32)17-23)41-24-15-13-22(14-16-24)35-31(40)28(18-25-26(33)11-6-12-27(25)34)37-30(39)20-7-3-2-4-8-20/h2-19H,1H3,(H,35,40)(H,36,38)(H,37,39)/b28-18-. The first kappa shape index (κ1) is 29.9. The van der Waals surface area contributed by atoms with Crippen molar-refractivity contribution in [3.05, 3.63) is 130 Å². The third-order valence-corrected chi connectivity index (χ3v) is 7.38. The molecule has 0 spiro atoms. The van der Waals surface area contributed by atoms with Gasteiger partial charge in [0.25, 0.3) is 11.8 Å². The molecule has 0 saturated heterocycles. The highest BCUT2D eigenvalue weighted by atomic mass is 35.5. The lowest BCUT2D eigenvalue weighted by Crippen LogP contribution is -2.30. The molecule has 208 valence electrons. The molecule has 0 fully saturated rings. The van der Waals surface area contributed by atoms with Crippen LogP contribution < -0.4 is 16.0 Å². The summed E-state index contributed by atoms with van der Waals surface area (Å²) >= 11 is 13.5. The second-order valence-electron chi connectivity index (χ2n) is 8.75. The van der Waals surface area contributed by atoms with Crippen LogP contribution in [0.5, 0.6) is 0 Å². The second-order valence-corrected chi connectivity index (χ2v) is 11.0. The molecule has 0 radical (unpaired) electrons. The molecule has 4 aromatic carbocycles. The number of halogens is 3. The lowest BCUT2D eigenvalue weighted by atomic mass is 10.1. The third-order valence-electron chi connectivity index (χ3n) is 5.70. The van der Waals surface area contributed by atoms with Gasteiger partial charge in [-0.25, -0.2) is 4.39 Å². The topological polar surface area (TPSA) is 87.3 Å². The van der Waals surface area contributed by atoms with Gasteiger partial charge in [0, 0.05) is 32.4 Å². The van der Waals surface area contributed by atoms with Crippen LogP contribution in [0, 0.1) is 5.82 Å². The fourth-order valence-electron chi connectivity index (χ4n) is 3.62. The Bertz CT molecular complexity index is 1580. The molecule has 1 unspecified atom stereocenters. The van der Waals surface area contributed by atoms with E-state index in [4.69, 9.17) is 23.2 Å². The van der Waals surface area contributed by atoms with Crippen molar-refractivity contribution in [2.75, 3.05) is 10.6 Å². The molecule has 0 aromatic heterocycles. The monoisotopic (exact) mass is 607 g/mol. The number of rotatable bonds is 9. The van der Waals surface area contributed by atoms with E-state index in [1.807, 2.05) is 0 Å². The normalized spacial score (nSPS) is 11.9. The number of thioether (sulfide) groups is 1. The van der Waals surface area contributed by atoms with Gasteiger partial charge in [-0.3, -0.25) is 14.4 Å². The number of nitrogens with one attached hydrogen (secondary N) is 3. The van der Waals surface area contributed by atoms with Crippen LogP contribution in [0.15, 0.2) is 108 Å². The maximum absolute atomic E-state index is 14.5. The predicted molar refractivity (Wildman–Crippen MR) is 164 cm³/mol. The van der Waals surface area contributed by atoms with Crippen molar-refractivity contribution in [2.45, 2.75) is 17.1 Å². The first-order chi connectivity index (χ1) is 19.7. The van der Waals surface area contributed by atoms with E-state index in [9.17, 15) is 18.8 Å². The molecule has 0 aliphatic rings. The van der Waals surface area contributed by atoms with E-state index >= 15 is 0 Å². The summed E-state index contributed by atoms with van der Waals surface area (Å²) in [6.45, 7) is 1.78. The van der Waals surface area contributed by atoms with Crippen molar-refractivity contribution in [1.82, 2.24) is 5.32 Å². The highest BCUT2D eigenvalue weighted by Gasteiger charge is 2.18. The zero-order valence-corrected chi connectivity index (χ0v) is 24.0. The molecule has 3 N–H and O–H groups in total. The van der Waals surface area contributed by atoms with E-state index in [0.29, 0.717) is 22.0 Å². The Balaban J connectivity index is 1.46. The maximum atomic E-state index is 14.5. The number of carbonyl (C=O) groups excluding carboxylic acids is 3. The number of anilines is 2. The lowest BCUT2D eigenvalue weighted by molar-refractivity contribution is -0.115. The van der Waals surface area contributed by atoms with E-state index in [1.165, 1.54) is 36.0 Å². The van der Waals surface area contributed by atoms with Gasteiger partial charge in [-0.2, -0.15) is 0 Å². The summed E-state index contributed by atoms with van der Waals surface area (Å²) in [6.07, 6.45) is 1.19.